The number of hydrogen-bond acceptors (Lipinski definition) is 4. The largest absolute Gasteiger partial charge is 0.478 e. The summed E-state index contributed by atoms with van der Waals surface area (Å²) in [6.45, 7) is 0. The van der Waals surface area contributed by atoms with E-state index < -0.39 is 11.9 Å². The highest BCUT2D eigenvalue weighted by atomic mass is 35.5. The Morgan fingerprint density at radius 3 is 2.60 bits per heavy atom. The average molecular weight is 312 g/mol. The van der Waals surface area contributed by atoms with Crippen molar-refractivity contribution in [2.24, 2.45) is 0 Å². The number of carboxylic acids is 1. The molecule has 2 N–H and O–H groups in total. The SMILES string of the molecule is O=C(Nc1cccc(Cl)c1C(=O)O)c1cncc(Cl)n1. The van der Waals surface area contributed by atoms with E-state index in [0.29, 0.717) is 0 Å². The second kappa shape index (κ2) is 5.85. The Morgan fingerprint density at radius 1 is 1.20 bits per heavy atom. The smallest absolute Gasteiger partial charge is 0.339 e. The first-order valence-corrected chi connectivity index (χ1v) is 6.05. The average Bonchev–Trinajstić information content (AvgIpc) is 2.38. The molecule has 0 aliphatic heterocycles. The van der Waals surface area contributed by atoms with Crippen molar-refractivity contribution in [1.82, 2.24) is 9.97 Å². The number of hydrogen-bond donors (Lipinski definition) is 2. The van der Waals surface area contributed by atoms with E-state index in [4.69, 9.17) is 28.3 Å². The molecule has 20 heavy (non-hydrogen) atoms. The number of anilines is 1. The first kappa shape index (κ1) is 14.2. The summed E-state index contributed by atoms with van der Waals surface area (Å²) in [5, 5.41) is 11.6. The standard InChI is InChI=1S/C12H7Cl2N3O3/c13-6-2-1-3-7(10(6)12(19)20)17-11(18)8-4-15-5-9(14)16-8/h1-5H,(H,17,18)(H,19,20). The van der Waals surface area contributed by atoms with Crippen molar-refractivity contribution in [3.05, 3.63) is 52.0 Å². The normalized spacial score (nSPS) is 10.1. The minimum absolute atomic E-state index is 0.0208. The second-order valence-electron chi connectivity index (χ2n) is 3.65. The molecule has 0 fully saturated rings. The van der Waals surface area contributed by atoms with E-state index >= 15 is 0 Å². The van der Waals surface area contributed by atoms with Crippen LogP contribution in [0.2, 0.25) is 10.2 Å². The van der Waals surface area contributed by atoms with E-state index in [-0.39, 0.29) is 27.1 Å². The minimum Gasteiger partial charge on any atom is -0.478 e. The lowest BCUT2D eigenvalue weighted by Gasteiger charge is -2.09. The van der Waals surface area contributed by atoms with E-state index in [1.807, 2.05) is 0 Å². The zero-order valence-electron chi connectivity index (χ0n) is 9.80. The number of halogens is 2. The third kappa shape index (κ3) is 3.04. The van der Waals surface area contributed by atoms with Crippen molar-refractivity contribution in [2.45, 2.75) is 0 Å². The maximum Gasteiger partial charge on any atom is 0.339 e. The predicted molar refractivity (Wildman–Crippen MR) is 73.4 cm³/mol. The summed E-state index contributed by atoms with van der Waals surface area (Å²) in [6, 6.07) is 4.36. The molecule has 0 aliphatic carbocycles. The molecule has 8 heteroatoms. The molecule has 6 nitrogen and oxygen atoms in total. The number of benzene rings is 1. The zero-order valence-corrected chi connectivity index (χ0v) is 11.3. The van der Waals surface area contributed by atoms with Gasteiger partial charge in [-0.1, -0.05) is 29.3 Å². The topological polar surface area (TPSA) is 92.2 Å². The van der Waals surface area contributed by atoms with Gasteiger partial charge in [-0.3, -0.25) is 9.78 Å². The van der Waals surface area contributed by atoms with E-state index in [2.05, 4.69) is 15.3 Å². The van der Waals surface area contributed by atoms with Crippen molar-refractivity contribution >= 4 is 40.8 Å². The lowest BCUT2D eigenvalue weighted by atomic mass is 10.1. The molecule has 1 heterocycles. The fourth-order valence-electron chi connectivity index (χ4n) is 1.48. The van der Waals surface area contributed by atoms with Gasteiger partial charge < -0.3 is 10.4 Å². The highest BCUT2D eigenvalue weighted by Crippen LogP contribution is 2.24. The number of rotatable bonds is 3. The van der Waals surface area contributed by atoms with Crippen molar-refractivity contribution in [1.29, 1.82) is 0 Å². The van der Waals surface area contributed by atoms with Gasteiger partial charge in [0.2, 0.25) is 0 Å². The van der Waals surface area contributed by atoms with Gasteiger partial charge in [0.1, 0.15) is 16.4 Å². The zero-order chi connectivity index (χ0) is 14.7. The van der Waals surface area contributed by atoms with Crippen LogP contribution in [-0.4, -0.2) is 27.0 Å². The summed E-state index contributed by atoms with van der Waals surface area (Å²) in [5.74, 6) is -1.88. The Labute approximate surface area is 123 Å². The third-order valence-corrected chi connectivity index (χ3v) is 2.81. The van der Waals surface area contributed by atoms with Crippen LogP contribution in [0, 0.1) is 0 Å². The Kier molecular flexibility index (Phi) is 4.16. The van der Waals surface area contributed by atoms with Crippen LogP contribution >= 0.6 is 23.2 Å². The molecule has 0 radical (unpaired) electrons. The summed E-state index contributed by atoms with van der Waals surface area (Å²) in [6.07, 6.45) is 2.49. The van der Waals surface area contributed by atoms with Crippen LogP contribution < -0.4 is 5.32 Å². The van der Waals surface area contributed by atoms with Crippen LogP contribution in [0.1, 0.15) is 20.8 Å². The molecule has 0 unspecified atom stereocenters. The molecule has 1 aromatic carbocycles. The first-order valence-electron chi connectivity index (χ1n) is 5.29. The summed E-state index contributed by atoms with van der Waals surface area (Å²) in [4.78, 5) is 30.6. The van der Waals surface area contributed by atoms with Crippen LogP contribution in [0.3, 0.4) is 0 Å². The number of amides is 1. The molecular formula is C12H7Cl2N3O3. The Hall–Kier alpha value is -2.18. The van der Waals surface area contributed by atoms with Crippen LogP contribution in [0.4, 0.5) is 5.69 Å². The Morgan fingerprint density at radius 2 is 1.95 bits per heavy atom. The Bertz CT molecular complexity index is 691. The van der Waals surface area contributed by atoms with Gasteiger partial charge in [-0.2, -0.15) is 0 Å². The number of carbonyl (C=O) groups is 2. The maximum atomic E-state index is 11.9. The fourth-order valence-corrected chi connectivity index (χ4v) is 1.89. The highest BCUT2D eigenvalue weighted by Gasteiger charge is 2.17. The molecule has 0 saturated carbocycles. The van der Waals surface area contributed by atoms with E-state index in [1.165, 1.54) is 30.6 Å². The van der Waals surface area contributed by atoms with Crippen molar-refractivity contribution in [3.63, 3.8) is 0 Å². The van der Waals surface area contributed by atoms with Crippen molar-refractivity contribution in [2.75, 3.05) is 5.32 Å². The molecule has 0 bridgehead atoms. The van der Waals surface area contributed by atoms with Gasteiger partial charge in [-0.05, 0) is 12.1 Å². The molecular weight excluding hydrogens is 305 g/mol. The van der Waals surface area contributed by atoms with Gasteiger partial charge >= 0.3 is 5.97 Å². The van der Waals surface area contributed by atoms with Gasteiger partial charge in [0.15, 0.2) is 0 Å². The maximum absolute atomic E-state index is 11.9. The number of nitrogens with zero attached hydrogens (tertiary/aromatic N) is 2. The summed E-state index contributed by atoms with van der Waals surface area (Å²) >= 11 is 11.4. The number of aromatic nitrogens is 2. The van der Waals surface area contributed by atoms with Gasteiger partial charge in [-0.25, -0.2) is 9.78 Å². The van der Waals surface area contributed by atoms with Crippen LogP contribution in [-0.2, 0) is 0 Å². The molecule has 102 valence electrons. The van der Waals surface area contributed by atoms with Gasteiger partial charge in [0, 0.05) is 0 Å². The number of carboxylic acid groups (broad SMARTS) is 1. The van der Waals surface area contributed by atoms with Gasteiger partial charge in [0.25, 0.3) is 5.91 Å². The van der Waals surface area contributed by atoms with E-state index in [1.54, 1.807) is 0 Å². The summed E-state index contributed by atoms with van der Waals surface area (Å²) in [7, 11) is 0. The van der Waals surface area contributed by atoms with Crippen molar-refractivity contribution < 1.29 is 14.7 Å². The van der Waals surface area contributed by atoms with E-state index in [0.717, 1.165) is 0 Å². The summed E-state index contributed by atoms with van der Waals surface area (Å²) < 4.78 is 0. The molecule has 0 atom stereocenters. The van der Waals surface area contributed by atoms with Crippen LogP contribution in [0.5, 0.6) is 0 Å². The molecule has 2 aromatic rings. The van der Waals surface area contributed by atoms with Gasteiger partial charge in [-0.15, -0.1) is 0 Å². The van der Waals surface area contributed by atoms with E-state index in [9.17, 15) is 9.59 Å². The number of aromatic carboxylic acids is 1. The lowest BCUT2D eigenvalue weighted by molar-refractivity contribution is 0.0698. The molecule has 1 aromatic heterocycles. The fraction of sp³-hybridized carbons (Fsp3) is 0. The highest BCUT2D eigenvalue weighted by molar-refractivity contribution is 6.34. The third-order valence-electron chi connectivity index (χ3n) is 2.31. The Balaban J connectivity index is 2.33. The lowest BCUT2D eigenvalue weighted by Crippen LogP contribution is -2.16. The van der Waals surface area contributed by atoms with Crippen LogP contribution in [0.15, 0.2) is 30.6 Å². The number of nitrogens with one attached hydrogen (secondary N) is 1. The second-order valence-corrected chi connectivity index (χ2v) is 4.44. The minimum atomic E-state index is -1.25. The molecule has 0 saturated heterocycles. The quantitative estimate of drug-likeness (QED) is 0.909. The molecule has 2 rings (SSSR count). The molecule has 0 aliphatic rings. The monoisotopic (exact) mass is 311 g/mol. The molecule has 1 amide bonds. The summed E-state index contributed by atoms with van der Waals surface area (Å²) in [5.41, 5.74) is -0.164. The van der Waals surface area contributed by atoms with Crippen LogP contribution in [0.25, 0.3) is 0 Å². The van der Waals surface area contributed by atoms with Gasteiger partial charge in [0.05, 0.1) is 23.1 Å². The first-order chi connectivity index (χ1) is 9.49. The molecule has 0 spiro atoms. The predicted octanol–water partition coefficient (Wildman–Crippen LogP) is 2.73. The van der Waals surface area contributed by atoms with Crippen molar-refractivity contribution in [3.8, 4) is 0 Å². The number of carbonyl (C=O) groups excluding carboxylic acids is 1.